The largest absolute Gasteiger partial charge is 0.323 e. The van der Waals surface area contributed by atoms with Crippen molar-refractivity contribution >= 4 is 34.9 Å². The van der Waals surface area contributed by atoms with E-state index in [4.69, 9.17) is 11.6 Å². The number of nitrogens with zero attached hydrogens (tertiary/aromatic N) is 2. The maximum Gasteiger partial charge on any atom is 0.321 e. The molecule has 1 unspecified atom stereocenters. The first kappa shape index (κ1) is 20.6. The molecular formula is C26H24ClN3O2. The zero-order valence-electron chi connectivity index (χ0n) is 17.6. The second-order valence-corrected chi connectivity index (χ2v) is 8.84. The van der Waals surface area contributed by atoms with Crippen molar-refractivity contribution in [3.63, 3.8) is 0 Å². The zero-order valence-corrected chi connectivity index (χ0v) is 18.4. The number of carbonyl (C=O) groups excluding carboxylic acids is 2. The van der Waals surface area contributed by atoms with Crippen LogP contribution in [0.25, 0.3) is 0 Å². The fourth-order valence-corrected chi connectivity index (χ4v) is 4.94. The first-order valence-electron chi connectivity index (χ1n) is 10.8. The van der Waals surface area contributed by atoms with Crippen LogP contribution in [0.15, 0.2) is 78.9 Å². The molecule has 3 aromatic carbocycles. The summed E-state index contributed by atoms with van der Waals surface area (Å²) in [5.74, 6) is 0.0939. The lowest BCUT2D eigenvalue weighted by atomic mass is 9.81. The molecule has 32 heavy (non-hydrogen) atoms. The van der Waals surface area contributed by atoms with Gasteiger partial charge in [0.1, 0.15) is 0 Å². The van der Waals surface area contributed by atoms with Crippen LogP contribution in [-0.2, 0) is 16.6 Å². The van der Waals surface area contributed by atoms with Crippen molar-refractivity contribution < 1.29 is 9.59 Å². The highest BCUT2D eigenvalue weighted by molar-refractivity contribution is 6.30. The molecule has 2 heterocycles. The Balaban J connectivity index is 1.35. The average Bonchev–Trinajstić information content (AvgIpc) is 3.37. The molecule has 0 aromatic heterocycles. The summed E-state index contributed by atoms with van der Waals surface area (Å²) in [6.07, 6.45) is 1.41. The number of carbonyl (C=O) groups is 2. The van der Waals surface area contributed by atoms with Gasteiger partial charge in [-0.2, -0.15) is 0 Å². The number of anilines is 2. The van der Waals surface area contributed by atoms with Crippen LogP contribution < -0.4 is 10.2 Å². The first-order valence-corrected chi connectivity index (χ1v) is 11.2. The van der Waals surface area contributed by atoms with E-state index in [1.165, 1.54) is 5.56 Å². The van der Waals surface area contributed by atoms with E-state index in [0.29, 0.717) is 36.8 Å². The molecule has 1 atom stereocenters. The number of halogens is 1. The molecule has 0 bridgehead atoms. The third kappa shape index (κ3) is 3.63. The molecule has 6 heteroatoms. The molecule has 3 aromatic rings. The van der Waals surface area contributed by atoms with E-state index in [1.54, 1.807) is 29.2 Å². The first-order chi connectivity index (χ1) is 15.6. The lowest BCUT2D eigenvalue weighted by Crippen LogP contribution is -2.44. The van der Waals surface area contributed by atoms with E-state index in [0.717, 1.165) is 17.7 Å². The summed E-state index contributed by atoms with van der Waals surface area (Å²) >= 11 is 5.93. The van der Waals surface area contributed by atoms with Crippen molar-refractivity contribution in [3.8, 4) is 0 Å². The molecule has 1 spiro atoms. The Morgan fingerprint density at radius 1 is 0.969 bits per heavy atom. The lowest BCUT2D eigenvalue weighted by molar-refractivity contribution is -0.122. The predicted octanol–water partition coefficient (Wildman–Crippen LogP) is 5.10. The highest BCUT2D eigenvalue weighted by Gasteiger charge is 2.54. The topological polar surface area (TPSA) is 52.7 Å². The van der Waals surface area contributed by atoms with E-state index in [-0.39, 0.29) is 11.9 Å². The molecule has 3 amide bonds. The number of rotatable bonds is 4. The van der Waals surface area contributed by atoms with E-state index in [9.17, 15) is 9.59 Å². The van der Waals surface area contributed by atoms with Gasteiger partial charge in [0.2, 0.25) is 5.91 Å². The van der Waals surface area contributed by atoms with E-state index < -0.39 is 5.41 Å². The molecule has 1 N–H and O–H groups in total. The Bertz CT molecular complexity index is 1150. The maximum atomic E-state index is 13.7. The highest BCUT2D eigenvalue weighted by atomic mass is 35.5. The van der Waals surface area contributed by atoms with Crippen LogP contribution in [0, 0.1) is 0 Å². The van der Waals surface area contributed by atoms with E-state index in [2.05, 4.69) is 17.4 Å². The van der Waals surface area contributed by atoms with Gasteiger partial charge in [0.15, 0.2) is 0 Å². The molecule has 2 aliphatic heterocycles. The standard InChI is InChI=1S/C26H24ClN3O2/c27-20-10-12-21(13-11-20)28-25(32)29-17-15-26(18-29)22-8-4-5-9-23(22)30(24(26)31)16-14-19-6-2-1-3-7-19/h1-13H,14-18H2,(H,28,32). The van der Waals surface area contributed by atoms with Gasteiger partial charge in [-0.3, -0.25) is 4.79 Å². The van der Waals surface area contributed by atoms with Gasteiger partial charge in [0.25, 0.3) is 0 Å². The minimum atomic E-state index is -0.676. The quantitative estimate of drug-likeness (QED) is 0.607. The maximum absolute atomic E-state index is 13.7. The summed E-state index contributed by atoms with van der Waals surface area (Å²) < 4.78 is 0. The number of nitrogens with one attached hydrogen (secondary N) is 1. The summed E-state index contributed by atoms with van der Waals surface area (Å²) in [7, 11) is 0. The molecule has 0 saturated carbocycles. The second kappa shape index (κ2) is 8.32. The van der Waals surface area contributed by atoms with Crippen LogP contribution in [0.1, 0.15) is 17.5 Å². The van der Waals surface area contributed by atoms with Crippen molar-refractivity contribution in [1.82, 2.24) is 4.90 Å². The third-order valence-corrected chi connectivity index (χ3v) is 6.74. The minimum absolute atomic E-state index is 0.0939. The van der Waals surface area contributed by atoms with E-state index in [1.807, 2.05) is 47.4 Å². The second-order valence-electron chi connectivity index (χ2n) is 8.40. The van der Waals surface area contributed by atoms with Crippen molar-refractivity contribution in [3.05, 3.63) is 95.0 Å². The monoisotopic (exact) mass is 445 g/mol. The van der Waals surface area contributed by atoms with Crippen LogP contribution in [0.4, 0.5) is 16.2 Å². The number of amides is 3. The number of hydrogen-bond acceptors (Lipinski definition) is 2. The van der Waals surface area contributed by atoms with Crippen LogP contribution in [-0.4, -0.2) is 36.5 Å². The molecule has 2 aliphatic rings. The smallest absolute Gasteiger partial charge is 0.321 e. The Kier molecular flexibility index (Phi) is 5.35. The van der Waals surface area contributed by atoms with E-state index >= 15 is 0 Å². The summed E-state index contributed by atoms with van der Waals surface area (Å²) in [5, 5.41) is 3.54. The van der Waals surface area contributed by atoms with Crippen molar-refractivity contribution in [2.24, 2.45) is 0 Å². The molecule has 1 saturated heterocycles. The van der Waals surface area contributed by atoms with Gasteiger partial charge in [0, 0.05) is 36.0 Å². The Morgan fingerprint density at radius 2 is 1.69 bits per heavy atom. The molecule has 5 rings (SSSR count). The molecule has 5 nitrogen and oxygen atoms in total. The molecule has 0 radical (unpaired) electrons. The Labute approximate surface area is 192 Å². The van der Waals surface area contributed by atoms with Crippen LogP contribution >= 0.6 is 11.6 Å². The normalized spacial score (nSPS) is 19.5. The fraction of sp³-hybridized carbons (Fsp3) is 0.231. The number of urea groups is 1. The van der Waals surface area contributed by atoms with Crippen LogP contribution in [0.5, 0.6) is 0 Å². The molecular weight excluding hydrogens is 422 g/mol. The predicted molar refractivity (Wildman–Crippen MR) is 127 cm³/mol. The van der Waals surface area contributed by atoms with Crippen molar-refractivity contribution in [1.29, 1.82) is 0 Å². The Hall–Kier alpha value is -3.31. The molecule has 1 fully saturated rings. The summed E-state index contributed by atoms with van der Waals surface area (Å²) in [4.78, 5) is 30.3. The summed E-state index contributed by atoms with van der Waals surface area (Å²) in [6, 6.07) is 25.0. The number of likely N-dealkylation sites (tertiary alicyclic amines) is 1. The van der Waals surface area contributed by atoms with Gasteiger partial charge in [-0.25, -0.2) is 4.79 Å². The van der Waals surface area contributed by atoms with Gasteiger partial charge in [-0.15, -0.1) is 0 Å². The number of para-hydroxylation sites is 1. The molecule has 0 aliphatic carbocycles. The van der Waals surface area contributed by atoms with Crippen LogP contribution in [0.2, 0.25) is 5.02 Å². The Morgan fingerprint density at radius 3 is 2.47 bits per heavy atom. The van der Waals surface area contributed by atoms with Gasteiger partial charge < -0.3 is 15.1 Å². The minimum Gasteiger partial charge on any atom is -0.323 e. The number of fused-ring (bicyclic) bond motifs is 2. The highest BCUT2D eigenvalue weighted by Crippen LogP contribution is 2.47. The third-order valence-electron chi connectivity index (χ3n) is 6.48. The van der Waals surface area contributed by atoms with Crippen LogP contribution in [0.3, 0.4) is 0 Å². The zero-order chi connectivity index (χ0) is 22.1. The van der Waals surface area contributed by atoms with Gasteiger partial charge in [-0.1, -0.05) is 60.1 Å². The SMILES string of the molecule is O=C(Nc1ccc(Cl)cc1)N1CCC2(C1)C(=O)N(CCc1ccccc1)c1ccccc12. The fourth-order valence-electron chi connectivity index (χ4n) is 4.82. The van der Waals surface area contributed by atoms with Gasteiger partial charge in [-0.05, 0) is 54.3 Å². The van der Waals surface area contributed by atoms with Crippen molar-refractivity contribution in [2.75, 3.05) is 29.9 Å². The van der Waals surface area contributed by atoms with Gasteiger partial charge in [0.05, 0.1) is 5.41 Å². The van der Waals surface area contributed by atoms with Crippen molar-refractivity contribution in [2.45, 2.75) is 18.3 Å². The van der Waals surface area contributed by atoms with Gasteiger partial charge >= 0.3 is 6.03 Å². The summed E-state index contributed by atoms with van der Waals surface area (Å²) in [6.45, 7) is 1.54. The number of hydrogen-bond donors (Lipinski definition) is 1. The summed E-state index contributed by atoms with van der Waals surface area (Å²) in [5.41, 5.74) is 3.20. The lowest BCUT2D eigenvalue weighted by Gasteiger charge is -2.25. The molecule has 162 valence electrons. The average molecular weight is 446 g/mol. The number of benzene rings is 3.